The van der Waals surface area contributed by atoms with E-state index in [1.165, 1.54) is 36.4 Å². The monoisotopic (exact) mass is 491 g/mol. The number of hydrogen-bond acceptors (Lipinski definition) is 5. The van der Waals surface area contributed by atoms with Crippen LogP contribution in [0.4, 0.5) is 9.18 Å². The molecule has 0 saturated carbocycles. The van der Waals surface area contributed by atoms with E-state index in [4.69, 9.17) is 21.1 Å². The van der Waals surface area contributed by atoms with E-state index in [0.29, 0.717) is 12.0 Å². The molecule has 0 radical (unpaired) electrons. The summed E-state index contributed by atoms with van der Waals surface area (Å²) in [4.78, 5) is 37.2. The van der Waals surface area contributed by atoms with Crippen molar-refractivity contribution < 1.29 is 28.2 Å². The van der Waals surface area contributed by atoms with Gasteiger partial charge in [-0.25, -0.2) is 14.0 Å². The van der Waals surface area contributed by atoms with Crippen LogP contribution in [-0.2, 0) is 15.9 Å². The molecule has 2 aromatic rings. The molecular formula is C26H31ClFNO5. The van der Waals surface area contributed by atoms with Crippen molar-refractivity contribution in [3.05, 3.63) is 69.5 Å². The molecule has 2 aromatic carbocycles. The van der Waals surface area contributed by atoms with E-state index in [0.717, 1.165) is 0 Å². The van der Waals surface area contributed by atoms with Gasteiger partial charge >= 0.3 is 12.1 Å². The van der Waals surface area contributed by atoms with E-state index in [1.54, 1.807) is 41.5 Å². The Kier molecular flexibility index (Phi) is 8.83. The highest BCUT2D eigenvalue weighted by molar-refractivity contribution is 6.35. The lowest BCUT2D eigenvalue weighted by Crippen LogP contribution is -2.33. The molecule has 0 aliphatic rings. The molecule has 6 nitrogen and oxygen atoms in total. The lowest BCUT2D eigenvalue weighted by molar-refractivity contribution is 0.00691. The highest BCUT2D eigenvalue weighted by Crippen LogP contribution is 2.26. The third-order valence-electron chi connectivity index (χ3n) is 4.45. The summed E-state index contributed by atoms with van der Waals surface area (Å²) in [5, 5.41) is 2.59. The van der Waals surface area contributed by atoms with Gasteiger partial charge in [0.15, 0.2) is 5.78 Å². The molecule has 8 heteroatoms. The summed E-state index contributed by atoms with van der Waals surface area (Å²) < 4.78 is 25.8. The zero-order valence-corrected chi connectivity index (χ0v) is 21.1. The quantitative estimate of drug-likeness (QED) is 0.286. The highest BCUT2D eigenvalue weighted by Gasteiger charge is 2.23. The summed E-state index contributed by atoms with van der Waals surface area (Å²) in [5.74, 6) is -1.95. The van der Waals surface area contributed by atoms with Crippen LogP contribution in [0.15, 0.2) is 36.4 Å². The van der Waals surface area contributed by atoms with Crippen LogP contribution < -0.4 is 5.32 Å². The predicted octanol–water partition coefficient (Wildman–Crippen LogP) is 6.12. The zero-order valence-electron chi connectivity index (χ0n) is 20.4. The van der Waals surface area contributed by atoms with E-state index in [-0.39, 0.29) is 34.7 Å². The standard InChI is InChI=1S/C26H31ClFNO5/c1-25(2,3)33-23(31)18-10-7-9-17(15-18)22(30)20-19(27)13-12-16(21(20)28)11-8-14-29-24(32)34-26(4,5)6/h7,9-10,12-13,15H,8,11,14H2,1-6H3,(H,29,32). The molecular weight excluding hydrogens is 461 g/mol. The summed E-state index contributed by atoms with van der Waals surface area (Å²) in [6.45, 7) is 10.8. The minimum atomic E-state index is -0.725. The number of alkyl carbamates (subject to hydrolysis) is 1. The number of amides is 1. The third-order valence-corrected chi connectivity index (χ3v) is 4.76. The Morgan fingerprint density at radius 3 is 2.18 bits per heavy atom. The Hall–Kier alpha value is -2.93. The highest BCUT2D eigenvalue weighted by atomic mass is 35.5. The minimum absolute atomic E-state index is 0.0270. The molecule has 2 rings (SSSR count). The molecule has 184 valence electrons. The number of hydrogen-bond donors (Lipinski definition) is 1. The molecule has 0 atom stereocenters. The first-order valence-corrected chi connectivity index (χ1v) is 11.4. The maximum absolute atomic E-state index is 15.3. The van der Waals surface area contributed by atoms with Crippen LogP contribution in [0.2, 0.25) is 5.02 Å². The Balaban J connectivity index is 2.15. The number of nitrogens with one attached hydrogen (secondary N) is 1. The van der Waals surface area contributed by atoms with Gasteiger partial charge in [0.25, 0.3) is 0 Å². The van der Waals surface area contributed by atoms with Gasteiger partial charge in [-0.2, -0.15) is 0 Å². The molecule has 0 aromatic heterocycles. The number of aryl methyl sites for hydroxylation is 1. The maximum atomic E-state index is 15.3. The van der Waals surface area contributed by atoms with Crippen LogP contribution in [-0.4, -0.2) is 35.6 Å². The van der Waals surface area contributed by atoms with Crippen molar-refractivity contribution in [1.29, 1.82) is 0 Å². The first kappa shape index (κ1) is 27.3. The predicted molar refractivity (Wildman–Crippen MR) is 129 cm³/mol. The molecule has 0 unspecified atom stereocenters. The smallest absolute Gasteiger partial charge is 0.407 e. The summed E-state index contributed by atoms with van der Waals surface area (Å²) in [7, 11) is 0. The molecule has 0 fully saturated rings. The summed E-state index contributed by atoms with van der Waals surface area (Å²) >= 11 is 6.17. The van der Waals surface area contributed by atoms with E-state index in [9.17, 15) is 14.4 Å². The fraction of sp³-hybridized carbons (Fsp3) is 0.423. The van der Waals surface area contributed by atoms with Crippen molar-refractivity contribution in [3.8, 4) is 0 Å². The van der Waals surface area contributed by atoms with E-state index in [2.05, 4.69) is 5.32 Å². The van der Waals surface area contributed by atoms with Crippen molar-refractivity contribution >= 4 is 29.4 Å². The van der Waals surface area contributed by atoms with E-state index in [1.807, 2.05) is 0 Å². The van der Waals surface area contributed by atoms with Crippen LogP contribution >= 0.6 is 11.6 Å². The molecule has 1 N–H and O–H groups in total. The molecule has 0 bridgehead atoms. The third kappa shape index (κ3) is 8.13. The Bertz CT molecular complexity index is 1070. The number of rotatable bonds is 7. The van der Waals surface area contributed by atoms with Gasteiger partial charge in [0, 0.05) is 12.1 Å². The number of carbonyl (C=O) groups excluding carboxylic acids is 3. The average molecular weight is 492 g/mol. The van der Waals surface area contributed by atoms with Crippen LogP contribution in [0, 0.1) is 5.82 Å². The van der Waals surface area contributed by atoms with Gasteiger partial charge in [-0.1, -0.05) is 29.8 Å². The van der Waals surface area contributed by atoms with Crippen molar-refractivity contribution in [2.45, 2.75) is 65.6 Å². The average Bonchev–Trinajstić information content (AvgIpc) is 2.70. The van der Waals surface area contributed by atoms with E-state index < -0.39 is 34.9 Å². The fourth-order valence-corrected chi connectivity index (χ4v) is 3.28. The maximum Gasteiger partial charge on any atom is 0.407 e. The number of halogens is 2. The van der Waals surface area contributed by atoms with Gasteiger partial charge in [-0.05, 0) is 78.1 Å². The first-order valence-electron chi connectivity index (χ1n) is 11.0. The van der Waals surface area contributed by atoms with Gasteiger partial charge < -0.3 is 14.8 Å². The molecule has 0 heterocycles. The van der Waals surface area contributed by atoms with Gasteiger partial charge in [0.2, 0.25) is 0 Å². The van der Waals surface area contributed by atoms with Gasteiger partial charge in [-0.3, -0.25) is 4.79 Å². The van der Waals surface area contributed by atoms with Crippen molar-refractivity contribution in [2.75, 3.05) is 6.54 Å². The van der Waals surface area contributed by atoms with Gasteiger partial charge in [-0.15, -0.1) is 0 Å². The second-order valence-corrected chi connectivity index (χ2v) is 10.2. The lowest BCUT2D eigenvalue weighted by atomic mass is 9.97. The van der Waals surface area contributed by atoms with Crippen LogP contribution in [0.5, 0.6) is 0 Å². The van der Waals surface area contributed by atoms with Crippen molar-refractivity contribution in [2.24, 2.45) is 0 Å². The van der Waals surface area contributed by atoms with Crippen LogP contribution in [0.25, 0.3) is 0 Å². The number of benzene rings is 2. The van der Waals surface area contributed by atoms with Crippen LogP contribution in [0.3, 0.4) is 0 Å². The van der Waals surface area contributed by atoms with Crippen molar-refractivity contribution in [1.82, 2.24) is 5.32 Å². The Morgan fingerprint density at radius 1 is 0.941 bits per heavy atom. The summed E-state index contributed by atoms with van der Waals surface area (Å²) in [5.41, 5.74) is -0.973. The molecule has 0 saturated heterocycles. The Morgan fingerprint density at radius 2 is 1.56 bits per heavy atom. The number of ether oxygens (including phenoxy) is 2. The molecule has 1 amide bonds. The second-order valence-electron chi connectivity index (χ2n) is 9.84. The summed E-state index contributed by atoms with van der Waals surface area (Å²) in [6, 6.07) is 8.89. The first-order chi connectivity index (χ1) is 15.7. The Labute approximate surface area is 204 Å². The topological polar surface area (TPSA) is 81.7 Å². The molecule has 34 heavy (non-hydrogen) atoms. The van der Waals surface area contributed by atoms with Crippen molar-refractivity contribution in [3.63, 3.8) is 0 Å². The molecule has 0 spiro atoms. The minimum Gasteiger partial charge on any atom is -0.456 e. The molecule has 0 aliphatic heterocycles. The fourth-order valence-electron chi connectivity index (χ4n) is 3.05. The van der Waals surface area contributed by atoms with Gasteiger partial charge in [0.05, 0.1) is 16.1 Å². The van der Waals surface area contributed by atoms with Crippen LogP contribution in [0.1, 0.15) is 79.8 Å². The zero-order chi connectivity index (χ0) is 25.7. The SMILES string of the molecule is CC(C)(C)OC(=O)NCCCc1ccc(Cl)c(C(=O)c2cccc(C(=O)OC(C)(C)C)c2)c1F. The molecule has 0 aliphatic carbocycles. The number of ketones is 1. The number of carbonyl (C=O) groups is 3. The normalized spacial score (nSPS) is 11.6. The lowest BCUT2D eigenvalue weighted by Gasteiger charge is -2.19. The summed E-state index contributed by atoms with van der Waals surface area (Å²) in [6.07, 6.45) is 0.154. The second kappa shape index (κ2) is 11.0. The van der Waals surface area contributed by atoms with E-state index >= 15 is 4.39 Å². The number of esters is 1. The van der Waals surface area contributed by atoms with Gasteiger partial charge in [0.1, 0.15) is 17.0 Å². The largest absolute Gasteiger partial charge is 0.456 e.